The molecule has 1 amide bonds. The lowest BCUT2D eigenvalue weighted by Crippen LogP contribution is -2.36. The van der Waals surface area contributed by atoms with Crippen molar-refractivity contribution in [1.82, 2.24) is 10.0 Å². The third-order valence-electron chi connectivity index (χ3n) is 2.91. The fourth-order valence-corrected chi connectivity index (χ4v) is 3.43. The van der Waals surface area contributed by atoms with Crippen LogP contribution in [0.3, 0.4) is 0 Å². The predicted molar refractivity (Wildman–Crippen MR) is 71.5 cm³/mol. The topological polar surface area (TPSA) is 101 Å². The first kappa shape index (κ1) is 14.0. The normalized spacial score (nSPS) is 19.4. The van der Waals surface area contributed by atoms with Gasteiger partial charge in [0.25, 0.3) is 0 Å². The maximum Gasteiger partial charge on any atom is 0.221 e. The molecule has 1 unspecified atom stereocenters. The number of hydrogen-bond donors (Lipinski definition) is 3. The van der Waals surface area contributed by atoms with E-state index in [9.17, 15) is 13.2 Å². The smallest absolute Gasteiger partial charge is 0.221 e. The molecule has 1 aromatic carbocycles. The van der Waals surface area contributed by atoms with Gasteiger partial charge in [-0.15, -0.1) is 0 Å². The second-order valence-corrected chi connectivity index (χ2v) is 6.36. The highest BCUT2D eigenvalue weighted by atomic mass is 32.2. The Morgan fingerprint density at radius 2 is 2.11 bits per heavy atom. The molecule has 0 spiro atoms. The van der Waals surface area contributed by atoms with Crippen LogP contribution in [0.15, 0.2) is 24.3 Å². The molecule has 2 rings (SSSR count). The first-order valence-electron chi connectivity index (χ1n) is 6.03. The molecule has 0 radical (unpaired) electrons. The molecule has 1 aliphatic heterocycles. The van der Waals surface area contributed by atoms with Gasteiger partial charge in [-0.3, -0.25) is 4.79 Å². The number of carbonyl (C=O) groups excluding carboxylic acids is 1. The average molecular weight is 283 g/mol. The van der Waals surface area contributed by atoms with E-state index in [-0.39, 0.29) is 24.1 Å². The SMILES string of the molecule is NCc1cccc(CS(=O)(=O)NC2CNC(=O)C2)c1. The Bertz CT molecular complexity index is 571. The van der Waals surface area contributed by atoms with Crippen LogP contribution < -0.4 is 15.8 Å². The Hall–Kier alpha value is -1.44. The second-order valence-electron chi connectivity index (χ2n) is 4.61. The summed E-state index contributed by atoms with van der Waals surface area (Å²) in [7, 11) is -3.45. The first-order chi connectivity index (χ1) is 8.98. The number of nitrogens with two attached hydrogens (primary N) is 1. The average Bonchev–Trinajstić information content (AvgIpc) is 2.73. The van der Waals surface area contributed by atoms with E-state index < -0.39 is 10.0 Å². The fourth-order valence-electron chi connectivity index (χ4n) is 2.05. The van der Waals surface area contributed by atoms with Crippen molar-refractivity contribution in [3.05, 3.63) is 35.4 Å². The molecule has 1 atom stereocenters. The highest BCUT2D eigenvalue weighted by Gasteiger charge is 2.25. The van der Waals surface area contributed by atoms with E-state index in [1.807, 2.05) is 6.07 Å². The van der Waals surface area contributed by atoms with Crippen molar-refractivity contribution < 1.29 is 13.2 Å². The van der Waals surface area contributed by atoms with Crippen molar-refractivity contribution in [1.29, 1.82) is 0 Å². The molecule has 1 fully saturated rings. The van der Waals surface area contributed by atoms with Crippen molar-refractivity contribution >= 4 is 15.9 Å². The van der Waals surface area contributed by atoms with Crippen molar-refractivity contribution in [2.24, 2.45) is 5.73 Å². The lowest BCUT2D eigenvalue weighted by molar-refractivity contribution is -0.119. The summed E-state index contributed by atoms with van der Waals surface area (Å²) in [4.78, 5) is 11.0. The van der Waals surface area contributed by atoms with Gasteiger partial charge in [0.05, 0.1) is 5.75 Å². The molecule has 104 valence electrons. The summed E-state index contributed by atoms with van der Waals surface area (Å²) in [5, 5.41) is 2.59. The van der Waals surface area contributed by atoms with Crippen molar-refractivity contribution in [2.45, 2.75) is 24.8 Å². The minimum absolute atomic E-state index is 0.106. The zero-order valence-electron chi connectivity index (χ0n) is 10.4. The van der Waals surface area contributed by atoms with Crippen LogP contribution in [0.1, 0.15) is 17.5 Å². The number of sulfonamides is 1. The van der Waals surface area contributed by atoms with Gasteiger partial charge in [-0.25, -0.2) is 13.1 Å². The summed E-state index contributed by atoms with van der Waals surface area (Å²) in [5.74, 6) is -0.233. The van der Waals surface area contributed by atoms with Gasteiger partial charge in [-0.2, -0.15) is 0 Å². The second kappa shape index (κ2) is 5.68. The van der Waals surface area contributed by atoms with Crippen LogP contribution in [-0.2, 0) is 27.1 Å². The minimum atomic E-state index is -3.45. The van der Waals surface area contributed by atoms with Crippen LogP contribution in [0.25, 0.3) is 0 Å². The highest BCUT2D eigenvalue weighted by molar-refractivity contribution is 7.88. The zero-order valence-corrected chi connectivity index (χ0v) is 11.2. The van der Waals surface area contributed by atoms with Gasteiger partial charge in [0.15, 0.2) is 0 Å². The standard InChI is InChI=1S/C12H17N3O3S/c13-6-9-2-1-3-10(4-9)8-19(17,18)15-11-5-12(16)14-7-11/h1-4,11,15H,5-8,13H2,(H,14,16). The van der Waals surface area contributed by atoms with Crippen molar-refractivity contribution in [3.8, 4) is 0 Å². The molecular weight excluding hydrogens is 266 g/mol. The van der Waals surface area contributed by atoms with Crippen LogP contribution >= 0.6 is 0 Å². The van der Waals surface area contributed by atoms with Crippen molar-refractivity contribution in [3.63, 3.8) is 0 Å². The zero-order chi connectivity index (χ0) is 13.9. The summed E-state index contributed by atoms with van der Waals surface area (Å²) >= 11 is 0. The molecule has 0 saturated carbocycles. The van der Waals surface area contributed by atoms with E-state index in [4.69, 9.17) is 5.73 Å². The minimum Gasteiger partial charge on any atom is -0.354 e. The Morgan fingerprint density at radius 3 is 2.74 bits per heavy atom. The maximum atomic E-state index is 12.0. The monoisotopic (exact) mass is 283 g/mol. The molecule has 6 nitrogen and oxygen atoms in total. The number of carbonyl (C=O) groups is 1. The summed E-state index contributed by atoms with van der Waals surface area (Å²) in [5.41, 5.74) is 7.10. The molecule has 0 bridgehead atoms. The van der Waals surface area contributed by atoms with Gasteiger partial charge < -0.3 is 11.1 Å². The van der Waals surface area contributed by atoms with Crippen LogP contribution in [0, 0.1) is 0 Å². The van der Waals surface area contributed by atoms with Gasteiger partial charge in [-0.1, -0.05) is 24.3 Å². The molecule has 0 aliphatic carbocycles. The summed E-state index contributed by atoms with van der Waals surface area (Å²) in [6.45, 7) is 0.725. The van der Waals surface area contributed by atoms with Gasteiger partial charge in [0.1, 0.15) is 0 Å². The van der Waals surface area contributed by atoms with Crippen LogP contribution in [0.4, 0.5) is 0 Å². The Balaban J connectivity index is 2.02. The lowest BCUT2D eigenvalue weighted by atomic mass is 10.1. The van der Waals surface area contributed by atoms with Crippen molar-refractivity contribution in [2.75, 3.05) is 6.54 Å². The predicted octanol–water partition coefficient (Wildman–Crippen LogP) is -0.547. The Morgan fingerprint density at radius 1 is 1.37 bits per heavy atom. The lowest BCUT2D eigenvalue weighted by Gasteiger charge is -2.11. The van der Waals surface area contributed by atoms with Crippen LogP contribution in [0.5, 0.6) is 0 Å². The summed E-state index contributed by atoms with van der Waals surface area (Å²) in [6.07, 6.45) is 0.196. The molecule has 0 aromatic heterocycles. The molecule has 1 heterocycles. The number of hydrogen-bond acceptors (Lipinski definition) is 4. The molecule has 4 N–H and O–H groups in total. The fraction of sp³-hybridized carbons (Fsp3) is 0.417. The van der Waals surface area contributed by atoms with Crippen LogP contribution in [0.2, 0.25) is 0 Å². The first-order valence-corrected chi connectivity index (χ1v) is 7.68. The highest BCUT2D eigenvalue weighted by Crippen LogP contribution is 2.10. The molecule has 1 aliphatic rings. The maximum absolute atomic E-state index is 12.0. The third-order valence-corrected chi connectivity index (χ3v) is 4.31. The molecular formula is C12H17N3O3S. The van der Waals surface area contributed by atoms with Gasteiger partial charge in [0.2, 0.25) is 15.9 Å². The van der Waals surface area contributed by atoms with Gasteiger partial charge >= 0.3 is 0 Å². The molecule has 19 heavy (non-hydrogen) atoms. The molecule has 7 heteroatoms. The summed E-state index contributed by atoms with van der Waals surface area (Å²) in [6, 6.07) is 6.81. The van der Waals surface area contributed by atoms with E-state index in [1.165, 1.54) is 0 Å². The van der Waals surface area contributed by atoms with E-state index >= 15 is 0 Å². The van der Waals surface area contributed by atoms with Gasteiger partial charge in [-0.05, 0) is 11.1 Å². The third kappa shape index (κ3) is 4.02. The number of amides is 1. The van der Waals surface area contributed by atoms with E-state index in [2.05, 4.69) is 10.0 Å². The summed E-state index contributed by atoms with van der Waals surface area (Å²) < 4.78 is 26.5. The Kier molecular flexibility index (Phi) is 4.18. The molecule has 1 aromatic rings. The number of benzene rings is 1. The quantitative estimate of drug-likeness (QED) is 0.675. The number of nitrogens with one attached hydrogen (secondary N) is 2. The molecule has 1 saturated heterocycles. The van der Waals surface area contributed by atoms with E-state index in [0.29, 0.717) is 18.7 Å². The van der Waals surface area contributed by atoms with Gasteiger partial charge in [0, 0.05) is 25.6 Å². The number of rotatable bonds is 5. The Labute approximate surface area is 112 Å². The van der Waals surface area contributed by atoms with E-state index in [0.717, 1.165) is 5.56 Å². The van der Waals surface area contributed by atoms with Crippen LogP contribution in [-0.4, -0.2) is 26.9 Å². The van der Waals surface area contributed by atoms with E-state index in [1.54, 1.807) is 18.2 Å². The largest absolute Gasteiger partial charge is 0.354 e.